The van der Waals surface area contributed by atoms with E-state index in [0.29, 0.717) is 12.0 Å². The minimum atomic E-state index is -1.10. The Morgan fingerprint density at radius 2 is 1.80 bits per heavy atom. The molecule has 0 heterocycles. The summed E-state index contributed by atoms with van der Waals surface area (Å²) in [4.78, 5) is 28.9. The topological polar surface area (TPSA) is 96.3 Å². The summed E-state index contributed by atoms with van der Waals surface area (Å²) in [6, 6.07) is 5.19. The van der Waals surface area contributed by atoms with Crippen LogP contribution in [0.1, 0.15) is 46.1 Å². The number of unbranched alkanes of at least 4 members (excludes halogenated alkanes) is 1. The molecule has 1 atom stereocenters. The molecule has 1 aromatic rings. The van der Waals surface area contributed by atoms with Crippen molar-refractivity contribution in [2.24, 2.45) is 0 Å². The molecule has 25 heavy (non-hydrogen) atoms. The molecule has 0 saturated heterocycles. The molecule has 7 nitrogen and oxygen atoms in total. The lowest BCUT2D eigenvalue weighted by Crippen LogP contribution is -2.45. The molecule has 2 N–H and O–H groups in total. The normalized spacial score (nSPS) is 12.7. The SMILES string of the molecule is CCCCN(OC(=O)OC(C)(C)C)[C@@H](Cc1ccc(O)cc1)C(=O)O. The molecule has 7 heteroatoms. The molecule has 0 aliphatic rings. The highest BCUT2D eigenvalue weighted by Gasteiger charge is 2.30. The van der Waals surface area contributed by atoms with Crippen molar-refractivity contribution in [1.29, 1.82) is 0 Å². The molecule has 0 radical (unpaired) electrons. The van der Waals surface area contributed by atoms with Gasteiger partial charge in [-0.25, -0.2) is 4.79 Å². The van der Waals surface area contributed by atoms with E-state index in [4.69, 9.17) is 9.57 Å². The number of carbonyl (C=O) groups is 2. The molecule has 0 unspecified atom stereocenters. The number of hydroxylamine groups is 2. The second-order valence-electron chi connectivity index (χ2n) is 6.77. The lowest BCUT2D eigenvalue weighted by Gasteiger charge is -2.28. The van der Waals surface area contributed by atoms with Crippen molar-refractivity contribution in [1.82, 2.24) is 5.06 Å². The summed E-state index contributed by atoms with van der Waals surface area (Å²) in [5, 5.41) is 20.1. The Kier molecular flexibility index (Phi) is 7.70. The first-order valence-electron chi connectivity index (χ1n) is 8.30. The van der Waals surface area contributed by atoms with Gasteiger partial charge in [0.1, 0.15) is 17.4 Å². The number of carboxylic acids is 1. The van der Waals surface area contributed by atoms with E-state index in [1.165, 1.54) is 12.1 Å². The zero-order chi connectivity index (χ0) is 19.0. The molecular formula is C18H27NO6. The number of phenolic OH excluding ortho intramolecular Hbond substituents is 1. The van der Waals surface area contributed by atoms with Gasteiger partial charge in [-0.2, -0.15) is 0 Å². The minimum Gasteiger partial charge on any atom is -0.508 e. The number of aliphatic carboxylic acids is 1. The van der Waals surface area contributed by atoms with E-state index in [0.717, 1.165) is 11.5 Å². The van der Waals surface area contributed by atoms with Gasteiger partial charge < -0.3 is 19.8 Å². The average molecular weight is 353 g/mol. The van der Waals surface area contributed by atoms with Crippen LogP contribution in [0, 0.1) is 0 Å². The minimum absolute atomic E-state index is 0.100. The largest absolute Gasteiger partial charge is 0.528 e. The van der Waals surface area contributed by atoms with Gasteiger partial charge in [0.05, 0.1) is 0 Å². The lowest BCUT2D eigenvalue weighted by atomic mass is 10.1. The van der Waals surface area contributed by atoms with Crippen LogP contribution in [0.2, 0.25) is 0 Å². The Bertz CT molecular complexity index is 564. The van der Waals surface area contributed by atoms with E-state index < -0.39 is 23.8 Å². The third kappa shape index (κ3) is 7.89. The summed E-state index contributed by atoms with van der Waals surface area (Å²) in [7, 11) is 0. The lowest BCUT2D eigenvalue weighted by molar-refractivity contribution is -0.184. The number of nitrogens with zero attached hydrogens (tertiary/aromatic N) is 1. The highest BCUT2D eigenvalue weighted by Crippen LogP contribution is 2.17. The van der Waals surface area contributed by atoms with Crippen molar-refractivity contribution in [3.8, 4) is 5.75 Å². The van der Waals surface area contributed by atoms with Gasteiger partial charge in [-0.15, -0.1) is 5.06 Å². The number of carboxylic acid groups (broad SMARTS) is 1. The summed E-state index contributed by atoms with van der Waals surface area (Å²) >= 11 is 0. The standard InChI is InChI=1S/C18H27NO6/c1-5-6-11-19(25-17(23)24-18(2,3)4)15(16(21)22)12-13-7-9-14(20)10-8-13/h7-10,15,20H,5-6,11-12H2,1-4H3,(H,21,22)/t15-/m0/s1. The van der Waals surface area contributed by atoms with Gasteiger partial charge in [0.15, 0.2) is 0 Å². The molecule has 0 saturated carbocycles. The van der Waals surface area contributed by atoms with Crippen molar-refractivity contribution >= 4 is 12.1 Å². The highest BCUT2D eigenvalue weighted by molar-refractivity contribution is 5.74. The number of rotatable bonds is 8. The molecule has 1 aromatic carbocycles. The number of phenols is 1. The maximum absolute atomic E-state index is 11.9. The molecule has 0 aliphatic heterocycles. The quantitative estimate of drug-likeness (QED) is 0.546. The van der Waals surface area contributed by atoms with Crippen LogP contribution in [0.4, 0.5) is 4.79 Å². The van der Waals surface area contributed by atoms with Gasteiger partial charge in [0, 0.05) is 13.0 Å². The first kappa shape index (κ1) is 20.8. The van der Waals surface area contributed by atoms with Gasteiger partial charge in [-0.3, -0.25) is 4.79 Å². The zero-order valence-electron chi connectivity index (χ0n) is 15.2. The Hall–Kier alpha value is -2.28. The summed E-state index contributed by atoms with van der Waals surface area (Å²) in [6.45, 7) is 7.35. The van der Waals surface area contributed by atoms with E-state index in [1.807, 2.05) is 6.92 Å². The van der Waals surface area contributed by atoms with Crippen LogP contribution >= 0.6 is 0 Å². The number of ether oxygens (including phenoxy) is 1. The van der Waals surface area contributed by atoms with Crippen LogP contribution in [0.15, 0.2) is 24.3 Å². The molecule has 0 amide bonds. The summed E-state index contributed by atoms with van der Waals surface area (Å²) < 4.78 is 5.12. The number of hydrogen-bond acceptors (Lipinski definition) is 6. The number of carbonyl (C=O) groups excluding carboxylic acids is 1. The first-order valence-corrected chi connectivity index (χ1v) is 8.30. The van der Waals surface area contributed by atoms with Gasteiger partial charge in [0.2, 0.25) is 0 Å². The van der Waals surface area contributed by atoms with Crippen LogP contribution in [0.5, 0.6) is 5.75 Å². The van der Waals surface area contributed by atoms with E-state index in [1.54, 1.807) is 32.9 Å². The molecule has 0 bridgehead atoms. The zero-order valence-corrected chi connectivity index (χ0v) is 15.2. The van der Waals surface area contributed by atoms with Crippen molar-refractivity contribution in [2.75, 3.05) is 6.54 Å². The molecule has 1 rings (SSSR count). The third-order valence-corrected chi connectivity index (χ3v) is 3.31. The summed E-state index contributed by atoms with van der Waals surface area (Å²) in [5.74, 6) is -1.00. The number of aromatic hydroxyl groups is 1. The fraction of sp³-hybridized carbons (Fsp3) is 0.556. The van der Waals surface area contributed by atoms with Gasteiger partial charge in [0.25, 0.3) is 0 Å². The van der Waals surface area contributed by atoms with Crippen molar-refractivity contribution in [3.05, 3.63) is 29.8 Å². The maximum atomic E-state index is 11.9. The van der Waals surface area contributed by atoms with Crippen LogP contribution in [-0.2, 0) is 20.8 Å². The van der Waals surface area contributed by atoms with Crippen LogP contribution in [0.3, 0.4) is 0 Å². The van der Waals surface area contributed by atoms with Crippen molar-refractivity contribution in [3.63, 3.8) is 0 Å². The van der Waals surface area contributed by atoms with E-state index in [9.17, 15) is 19.8 Å². The van der Waals surface area contributed by atoms with Gasteiger partial charge >= 0.3 is 12.1 Å². The Balaban J connectivity index is 2.91. The molecule has 0 aromatic heterocycles. The number of benzene rings is 1. The highest BCUT2D eigenvalue weighted by atomic mass is 16.8. The molecule has 0 aliphatic carbocycles. The molecular weight excluding hydrogens is 326 g/mol. The molecule has 140 valence electrons. The van der Waals surface area contributed by atoms with E-state index >= 15 is 0 Å². The van der Waals surface area contributed by atoms with Crippen molar-refractivity contribution < 1.29 is 29.4 Å². The average Bonchev–Trinajstić information content (AvgIpc) is 2.49. The fourth-order valence-corrected chi connectivity index (χ4v) is 2.11. The smallest absolute Gasteiger partial charge is 0.508 e. The monoisotopic (exact) mass is 353 g/mol. The Morgan fingerprint density at radius 1 is 1.20 bits per heavy atom. The van der Waals surface area contributed by atoms with Gasteiger partial charge in [-0.1, -0.05) is 25.5 Å². The van der Waals surface area contributed by atoms with Crippen LogP contribution in [0.25, 0.3) is 0 Å². The van der Waals surface area contributed by atoms with Crippen molar-refractivity contribution in [2.45, 2.75) is 58.6 Å². The van der Waals surface area contributed by atoms with E-state index in [2.05, 4.69) is 0 Å². The molecule has 0 fully saturated rings. The maximum Gasteiger partial charge on any atom is 0.528 e. The van der Waals surface area contributed by atoms with Crippen LogP contribution < -0.4 is 0 Å². The van der Waals surface area contributed by atoms with E-state index in [-0.39, 0.29) is 18.7 Å². The van der Waals surface area contributed by atoms with Crippen LogP contribution in [-0.4, -0.2) is 45.6 Å². The van der Waals surface area contributed by atoms with Gasteiger partial charge in [-0.05, 0) is 44.9 Å². The molecule has 0 spiro atoms. The predicted octanol–water partition coefficient (Wildman–Crippen LogP) is 3.36. The third-order valence-electron chi connectivity index (χ3n) is 3.31. The first-order chi connectivity index (χ1) is 11.6. The second kappa shape index (κ2) is 9.27. The fourth-order valence-electron chi connectivity index (χ4n) is 2.11. The second-order valence-corrected chi connectivity index (χ2v) is 6.77. The summed E-state index contributed by atoms with van der Waals surface area (Å²) in [6.07, 6.45) is 0.685. The Morgan fingerprint density at radius 3 is 2.28 bits per heavy atom. The number of hydrogen-bond donors (Lipinski definition) is 2. The Labute approximate surface area is 148 Å². The predicted molar refractivity (Wildman–Crippen MR) is 92.2 cm³/mol. The summed E-state index contributed by atoms with van der Waals surface area (Å²) in [5.41, 5.74) is -0.0251.